The summed E-state index contributed by atoms with van der Waals surface area (Å²) in [7, 11) is 1.34. The Kier molecular flexibility index (Phi) is 3.38. The number of Topliss-reactive ketones (excluding diaryl/α,β-unsaturated/α-hetero) is 1. The second kappa shape index (κ2) is 4.95. The van der Waals surface area contributed by atoms with Crippen LogP contribution in [0, 0.1) is 5.92 Å². The van der Waals surface area contributed by atoms with Crippen LogP contribution in [0.2, 0.25) is 0 Å². The molecule has 0 amide bonds. The first-order valence-electron chi connectivity index (χ1n) is 5.61. The van der Waals surface area contributed by atoms with Gasteiger partial charge in [0.15, 0.2) is 5.78 Å². The van der Waals surface area contributed by atoms with Gasteiger partial charge >= 0.3 is 5.97 Å². The molecule has 1 aromatic rings. The van der Waals surface area contributed by atoms with Gasteiger partial charge in [0, 0.05) is 17.6 Å². The first-order valence-corrected chi connectivity index (χ1v) is 5.61. The molecule has 2 rings (SSSR count). The van der Waals surface area contributed by atoms with E-state index in [1.165, 1.54) is 13.2 Å². The molecule has 0 atom stereocenters. The molecule has 0 unspecified atom stereocenters. The van der Waals surface area contributed by atoms with Crippen LogP contribution in [0.5, 0.6) is 0 Å². The molecule has 1 fully saturated rings. The Bertz CT molecular complexity index is 453. The zero-order valence-electron chi connectivity index (χ0n) is 9.68. The van der Waals surface area contributed by atoms with E-state index in [-0.39, 0.29) is 17.7 Å². The first kappa shape index (κ1) is 11.6. The predicted molar refractivity (Wildman–Crippen MR) is 64.5 cm³/mol. The summed E-state index contributed by atoms with van der Waals surface area (Å²) < 4.78 is 4.49. The summed E-state index contributed by atoms with van der Waals surface area (Å²) >= 11 is 0. The number of carbonyl (C=O) groups is 2. The second-order valence-electron chi connectivity index (χ2n) is 4.12. The van der Waals surface area contributed by atoms with E-state index >= 15 is 0 Å². The van der Waals surface area contributed by atoms with Gasteiger partial charge < -0.3 is 4.74 Å². The summed E-state index contributed by atoms with van der Waals surface area (Å²) in [5.41, 5.74) is 1.63. The molecule has 0 bridgehead atoms. The zero-order valence-corrected chi connectivity index (χ0v) is 9.68. The van der Waals surface area contributed by atoms with E-state index in [2.05, 4.69) is 4.74 Å². The van der Waals surface area contributed by atoms with Gasteiger partial charge in [-0.25, -0.2) is 4.79 Å². The van der Waals surface area contributed by atoms with Crippen molar-refractivity contribution in [2.24, 2.45) is 5.92 Å². The third-order valence-electron chi connectivity index (χ3n) is 2.76. The van der Waals surface area contributed by atoms with Gasteiger partial charge in [-0.3, -0.25) is 4.79 Å². The zero-order chi connectivity index (χ0) is 12.3. The monoisotopic (exact) mass is 230 g/mol. The van der Waals surface area contributed by atoms with Crippen LogP contribution >= 0.6 is 0 Å². The van der Waals surface area contributed by atoms with Crippen molar-refractivity contribution in [3.05, 3.63) is 41.5 Å². The normalized spacial score (nSPS) is 14.9. The van der Waals surface area contributed by atoms with Gasteiger partial charge in [-0.15, -0.1) is 0 Å². The smallest absolute Gasteiger partial charge is 0.330 e. The average Bonchev–Trinajstić information content (AvgIpc) is 3.20. The minimum atomic E-state index is -0.386. The van der Waals surface area contributed by atoms with E-state index in [9.17, 15) is 9.59 Å². The SMILES string of the molecule is COC(=O)/C=C/c1ccc(C(=O)C2CC2)cc1. The largest absolute Gasteiger partial charge is 0.466 e. The van der Waals surface area contributed by atoms with Gasteiger partial charge in [0.25, 0.3) is 0 Å². The van der Waals surface area contributed by atoms with Crippen molar-refractivity contribution in [2.75, 3.05) is 7.11 Å². The van der Waals surface area contributed by atoms with E-state index in [1.807, 2.05) is 12.1 Å². The van der Waals surface area contributed by atoms with E-state index in [1.54, 1.807) is 18.2 Å². The van der Waals surface area contributed by atoms with Crippen LogP contribution in [0.1, 0.15) is 28.8 Å². The molecular formula is C14H14O3. The summed E-state index contributed by atoms with van der Waals surface area (Å²) in [6, 6.07) is 7.26. The number of ketones is 1. The van der Waals surface area contributed by atoms with E-state index in [0.29, 0.717) is 0 Å². The molecule has 0 radical (unpaired) electrons. The minimum Gasteiger partial charge on any atom is -0.466 e. The van der Waals surface area contributed by atoms with Gasteiger partial charge in [-0.05, 0) is 24.5 Å². The Labute approximate surface area is 100 Å². The van der Waals surface area contributed by atoms with Crippen LogP contribution in [-0.4, -0.2) is 18.9 Å². The van der Waals surface area contributed by atoms with Gasteiger partial charge in [0.1, 0.15) is 0 Å². The summed E-state index contributed by atoms with van der Waals surface area (Å²) in [5.74, 6) is 0.0862. The van der Waals surface area contributed by atoms with Crippen molar-refractivity contribution in [1.29, 1.82) is 0 Å². The molecule has 0 heterocycles. The molecule has 0 N–H and O–H groups in total. The van der Waals surface area contributed by atoms with Crippen molar-refractivity contribution in [3.8, 4) is 0 Å². The molecular weight excluding hydrogens is 216 g/mol. The molecule has 0 aromatic heterocycles. The lowest BCUT2D eigenvalue weighted by Crippen LogP contribution is -2.00. The number of hydrogen-bond acceptors (Lipinski definition) is 3. The number of hydrogen-bond donors (Lipinski definition) is 0. The Morgan fingerprint density at radius 2 is 1.88 bits per heavy atom. The number of methoxy groups -OCH3 is 1. The number of ether oxygens (including phenoxy) is 1. The summed E-state index contributed by atoms with van der Waals surface area (Å²) in [4.78, 5) is 22.6. The molecule has 3 heteroatoms. The lowest BCUT2D eigenvalue weighted by molar-refractivity contribution is -0.134. The maximum atomic E-state index is 11.7. The lowest BCUT2D eigenvalue weighted by atomic mass is 10.1. The van der Waals surface area contributed by atoms with Gasteiger partial charge in [-0.1, -0.05) is 24.3 Å². The molecule has 1 aromatic carbocycles. The summed E-state index contributed by atoms with van der Waals surface area (Å²) in [6.45, 7) is 0. The molecule has 1 aliphatic carbocycles. The van der Waals surface area contributed by atoms with Crippen molar-refractivity contribution in [2.45, 2.75) is 12.8 Å². The highest BCUT2D eigenvalue weighted by molar-refractivity contribution is 5.99. The third kappa shape index (κ3) is 3.03. The number of carbonyl (C=O) groups excluding carboxylic acids is 2. The van der Waals surface area contributed by atoms with Crippen LogP contribution in [0.25, 0.3) is 6.08 Å². The fraction of sp³-hybridized carbons (Fsp3) is 0.286. The molecule has 0 aliphatic heterocycles. The van der Waals surface area contributed by atoms with Gasteiger partial charge in [-0.2, -0.15) is 0 Å². The molecule has 17 heavy (non-hydrogen) atoms. The van der Waals surface area contributed by atoms with E-state index in [0.717, 1.165) is 24.0 Å². The topological polar surface area (TPSA) is 43.4 Å². The minimum absolute atomic E-state index is 0.230. The number of rotatable bonds is 4. The molecule has 88 valence electrons. The van der Waals surface area contributed by atoms with Gasteiger partial charge in [0.2, 0.25) is 0 Å². The summed E-state index contributed by atoms with van der Waals surface area (Å²) in [6.07, 6.45) is 5.06. The van der Waals surface area contributed by atoms with Crippen molar-refractivity contribution in [3.63, 3.8) is 0 Å². The fourth-order valence-electron chi connectivity index (χ4n) is 1.57. The maximum absolute atomic E-state index is 11.7. The quantitative estimate of drug-likeness (QED) is 0.453. The summed E-state index contributed by atoms with van der Waals surface area (Å²) in [5, 5.41) is 0. The van der Waals surface area contributed by atoms with Crippen molar-refractivity contribution < 1.29 is 14.3 Å². The molecule has 1 saturated carbocycles. The highest BCUT2D eigenvalue weighted by atomic mass is 16.5. The standard InChI is InChI=1S/C14H14O3/c1-17-13(15)9-4-10-2-5-11(6-3-10)14(16)12-7-8-12/h2-6,9,12H,7-8H2,1H3/b9-4+. The van der Waals surface area contributed by atoms with Crippen LogP contribution in [-0.2, 0) is 9.53 Å². The first-order chi connectivity index (χ1) is 8.20. The maximum Gasteiger partial charge on any atom is 0.330 e. The van der Waals surface area contributed by atoms with Crippen LogP contribution in [0.15, 0.2) is 30.3 Å². The van der Waals surface area contributed by atoms with Crippen LogP contribution < -0.4 is 0 Å². The average molecular weight is 230 g/mol. The Morgan fingerprint density at radius 1 is 1.24 bits per heavy atom. The fourth-order valence-corrected chi connectivity index (χ4v) is 1.57. The van der Waals surface area contributed by atoms with Crippen LogP contribution in [0.4, 0.5) is 0 Å². The van der Waals surface area contributed by atoms with Crippen molar-refractivity contribution >= 4 is 17.8 Å². The molecule has 3 nitrogen and oxygen atoms in total. The second-order valence-corrected chi connectivity index (χ2v) is 4.12. The lowest BCUT2D eigenvalue weighted by Gasteiger charge is -1.99. The van der Waals surface area contributed by atoms with Gasteiger partial charge in [0.05, 0.1) is 7.11 Å². The molecule has 0 spiro atoms. The molecule has 0 saturated heterocycles. The van der Waals surface area contributed by atoms with E-state index < -0.39 is 0 Å². The highest BCUT2D eigenvalue weighted by Gasteiger charge is 2.30. The van der Waals surface area contributed by atoms with E-state index in [4.69, 9.17) is 0 Å². The highest BCUT2D eigenvalue weighted by Crippen LogP contribution is 2.32. The molecule has 1 aliphatic rings. The number of benzene rings is 1. The third-order valence-corrected chi connectivity index (χ3v) is 2.76. The predicted octanol–water partition coefficient (Wildman–Crippen LogP) is 2.47. The Morgan fingerprint density at radius 3 is 2.41 bits per heavy atom. The van der Waals surface area contributed by atoms with Crippen molar-refractivity contribution in [1.82, 2.24) is 0 Å². The Balaban J connectivity index is 2.04. The number of esters is 1. The Hall–Kier alpha value is -1.90. The van der Waals surface area contributed by atoms with Crippen LogP contribution in [0.3, 0.4) is 0 Å².